The van der Waals surface area contributed by atoms with Gasteiger partial charge < -0.3 is 10.5 Å². The number of unbranched alkanes of at least 4 members (excludes halogenated alkanes) is 2. The molecule has 5 nitrogen and oxygen atoms in total. The summed E-state index contributed by atoms with van der Waals surface area (Å²) in [5, 5.41) is 0. The molecule has 2 amide bonds. The van der Waals surface area contributed by atoms with Crippen LogP contribution in [0.2, 0.25) is 0 Å². The molecule has 30 heavy (non-hydrogen) atoms. The van der Waals surface area contributed by atoms with Crippen LogP contribution in [0, 0.1) is 0 Å². The van der Waals surface area contributed by atoms with Gasteiger partial charge in [0.2, 0.25) is 0 Å². The topological polar surface area (TPSA) is 72.6 Å². The third-order valence-corrected chi connectivity index (χ3v) is 4.71. The zero-order valence-electron chi connectivity index (χ0n) is 16.9. The maximum absolute atomic E-state index is 13.0. The van der Waals surface area contributed by atoms with Gasteiger partial charge in [-0.15, -0.1) is 0 Å². The number of ether oxygens (including phenoxy) is 1. The van der Waals surface area contributed by atoms with Gasteiger partial charge in [0, 0.05) is 23.4 Å². The first-order valence-corrected chi connectivity index (χ1v) is 10.1. The van der Waals surface area contributed by atoms with Gasteiger partial charge >= 0.3 is 0 Å². The van der Waals surface area contributed by atoms with Crippen molar-refractivity contribution < 1.29 is 14.3 Å². The van der Waals surface area contributed by atoms with Crippen LogP contribution in [0.25, 0.3) is 0 Å². The number of nitrogens with two attached hydrogens (primary N) is 1. The summed E-state index contributed by atoms with van der Waals surface area (Å²) in [7, 11) is 0. The van der Waals surface area contributed by atoms with E-state index in [9.17, 15) is 9.59 Å². The van der Waals surface area contributed by atoms with Crippen LogP contribution in [-0.4, -0.2) is 29.9 Å². The molecule has 0 aliphatic heterocycles. The number of benzene rings is 3. The molecule has 0 aromatic heterocycles. The SMILES string of the molecule is Nc1ccc(OCCCCCN(C(=O)c2ccccc2)C(=O)c2ccccc2)cc1. The Hall–Kier alpha value is -3.60. The lowest BCUT2D eigenvalue weighted by Gasteiger charge is -2.21. The van der Waals surface area contributed by atoms with Gasteiger partial charge in [0.15, 0.2) is 0 Å². The summed E-state index contributed by atoms with van der Waals surface area (Å²) in [6.45, 7) is 0.937. The van der Waals surface area contributed by atoms with Crippen molar-refractivity contribution in [2.45, 2.75) is 19.3 Å². The number of carbonyl (C=O) groups is 2. The van der Waals surface area contributed by atoms with Crippen LogP contribution >= 0.6 is 0 Å². The first-order valence-electron chi connectivity index (χ1n) is 10.1. The molecule has 3 aromatic rings. The first kappa shape index (κ1) is 21.1. The van der Waals surface area contributed by atoms with Gasteiger partial charge in [0.25, 0.3) is 11.8 Å². The minimum Gasteiger partial charge on any atom is -0.494 e. The van der Waals surface area contributed by atoms with Crippen molar-refractivity contribution in [3.63, 3.8) is 0 Å². The van der Waals surface area contributed by atoms with Gasteiger partial charge in [0.05, 0.1) is 6.61 Å². The van der Waals surface area contributed by atoms with Gasteiger partial charge in [0.1, 0.15) is 5.75 Å². The number of amides is 2. The van der Waals surface area contributed by atoms with Crippen LogP contribution in [-0.2, 0) is 0 Å². The van der Waals surface area contributed by atoms with E-state index in [1.54, 1.807) is 60.7 Å². The lowest BCUT2D eigenvalue weighted by atomic mass is 10.1. The van der Waals surface area contributed by atoms with Crippen LogP contribution in [0.5, 0.6) is 5.75 Å². The molecule has 0 spiro atoms. The van der Waals surface area contributed by atoms with Crippen molar-refractivity contribution in [2.24, 2.45) is 0 Å². The second kappa shape index (κ2) is 10.8. The molecular weight excluding hydrogens is 376 g/mol. The molecule has 0 fully saturated rings. The number of hydrogen-bond acceptors (Lipinski definition) is 4. The maximum atomic E-state index is 13.0. The third-order valence-electron chi connectivity index (χ3n) is 4.71. The molecule has 3 rings (SSSR count). The molecule has 0 saturated heterocycles. The van der Waals surface area contributed by atoms with Crippen LogP contribution in [0.3, 0.4) is 0 Å². The van der Waals surface area contributed by atoms with Gasteiger partial charge in [-0.3, -0.25) is 14.5 Å². The Balaban J connectivity index is 1.55. The molecule has 3 aromatic carbocycles. The number of imide groups is 1. The van der Waals surface area contributed by atoms with E-state index in [0.717, 1.165) is 18.6 Å². The Morgan fingerprint density at radius 3 is 1.77 bits per heavy atom. The van der Waals surface area contributed by atoms with Gasteiger partial charge in [-0.05, 0) is 67.8 Å². The smallest absolute Gasteiger partial charge is 0.260 e. The summed E-state index contributed by atoms with van der Waals surface area (Å²) in [5.41, 5.74) is 7.39. The molecule has 0 bridgehead atoms. The van der Waals surface area contributed by atoms with Gasteiger partial charge in [-0.1, -0.05) is 36.4 Å². The minimum atomic E-state index is -0.275. The lowest BCUT2D eigenvalue weighted by Crippen LogP contribution is -2.37. The Bertz CT molecular complexity index is 890. The highest BCUT2D eigenvalue weighted by Gasteiger charge is 2.23. The van der Waals surface area contributed by atoms with Crippen molar-refractivity contribution >= 4 is 17.5 Å². The number of nitrogens with zero attached hydrogens (tertiary/aromatic N) is 1. The molecule has 5 heteroatoms. The minimum absolute atomic E-state index is 0.275. The van der Waals surface area contributed by atoms with E-state index in [2.05, 4.69) is 0 Å². The fraction of sp³-hybridized carbons (Fsp3) is 0.200. The summed E-state index contributed by atoms with van der Waals surface area (Å²) in [5.74, 6) is 0.231. The van der Waals surface area contributed by atoms with E-state index in [0.29, 0.717) is 36.4 Å². The molecule has 0 heterocycles. The molecule has 154 valence electrons. The predicted octanol–water partition coefficient (Wildman–Crippen LogP) is 4.80. The molecule has 0 unspecified atom stereocenters. The number of carbonyl (C=O) groups excluding carboxylic acids is 2. The second-order valence-electron chi connectivity index (χ2n) is 6.97. The summed E-state index contributed by atoms with van der Waals surface area (Å²) >= 11 is 0. The molecule has 0 radical (unpaired) electrons. The molecule has 2 N–H and O–H groups in total. The fourth-order valence-corrected chi connectivity index (χ4v) is 3.07. The Morgan fingerprint density at radius 2 is 1.23 bits per heavy atom. The largest absolute Gasteiger partial charge is 0.494 e. The lowest BCUT2D eigenvalue weighted by molar-refractivity contribution is 0.0613. The molecule has 0 atom stereocenters. The van der Waals surface area contributed by atoms with E-state index in [-0.39, 0.29) is 11.8 Å². The highest BCUT2D eigenvalue weighted by molar-refractivity contribution is 6.10. The van der Waals surface area contributed by atoms with E-state index in [1.165, 1.54) is 4.90 Å². The standard InChI is InChI=1S/C25H26N2O3/c26-22-14-16-23(17-15-22)30-19-9-3-8-18-27(24(28)20-10-4-1-5-11-20)25(29)21-12-6-2-7-13-21/h1-2,4-7,10-17H,3,8-9,18-19,26H2. The summed E-state index contributed by atoms with van der Waals surface area (Å²) in [6, 6.07) is 25.1. The van der Waals surface area contributed by atoms with E-state index in [1.807, 2.05) is 24.3 Å². The van der Waals surface area contributed by atoms with Crippen LogP contribution in [0.15, 0.2) is 84.9 Å². The number of rotatable bonds is 9. The highest BCUT2D eigenvalue weighted by Crippen LogP contribution is 2.15. The monoisotopic (exact) mass is 402 g/mol. The van der Waals surface area contributed by atoms with Gasteiger partial charge in [-0.2, -0.15) is 0 Å². The number of anilines is 1. The van der Waals surface area contributed by atoms with Gasteiger partial charge in [-0.25, -0.2) is 0 Å². The molecular formula is C25H26N2O3. The van der Waals surface area contributed by atoms with E-state index in [4.69, 9.17) is 10.5 Å². The van der Waals surface area contributed by atoms with E-state index >= 15 is 0 Å². The first-order chi connectivity index (χ1) is 14.6. The molecule has 0 saturated carbocycles. The summed E-state index contributed by atoms with van der Waals surface area (Å²) < 4.78 is 5.70. The van der Waals surface area contributed by atoms with Crippen LogP contribution in [0.4, 0.5) is 5.69 Å². The van der Waals surface area contributed by atoms with Crippen molar-refractivity contribution in [3.8, 4) is 5.75 Å². The van der Waals surface area contributed by atoms with Crippen molar-refractivity contribution in [2.75, 3.05) is 18.9 Å². The van der Waals surface area contributed by atoms with Crippen LogP contribution in [0.1, 0.15) is 40.0 Å². The van der Waals surface area contributed by atoms with E-state index < -0.39 is 0 Å². The number of hydrogen-bond donors (Lipinski definition) is 1. The Kier molecular flexibility index (Phi) is 7.61. The average molecular weight is 402 g/mol. The quantitative estimate of drug-likeness (QED) is 0.317. The maximum Gasteiger partial charge on any atom is 0.260 e. The fourth-order valence-electron chi connectivity index (χ4n) is 3.07. The zero-order valence-corrected chi connectivity index (χ0v) is 16.9. The zero-order chi connectivity index (χ0) is 21.2. The Labute approximate surface area is 177 Å². The Morgan fingerprint density at radius 1 is 0.700 bits per heavy atom. The van der Waals surface area contributed by atoms with Crippen molar-refractivity contribution in [1.29, 1.82) is 0 Å². The summed E-state index contributed by atoms with van der Waals surface area (Å²) in [6.07, 6.45) is 2.38. The average Bonchev–Trinajstić information content (AvgIpc) is 2.80. The van der Waals surface area contributed by atoms with Crippen molar-refractivity contribution in [1.82, 2.24) is 4.90 Å². The van der Waals surface area contributed by atoms with Crippen molar-refractivity contribution in [3.05, 3.63) is 96.1 Å². The summed E-state index contributed by atoms with van der Waals surface area (Å²) in [4.78, 5) is 27.3. The molecule has 0 aliphatic carbocycles. The normalized spacial score (nSPS) is 10.4. The second-order valence-corrected chi connectivity index (χ2v) is 6.97. The predicted molar refractivity (Wildman–Crippen MR) is 118 cm³/mol. The van der Waals surface area contributed by atoms with Crippen LogP contribution < -0.4 is 10.5 Å². The number of nitrogen functional groups attached to an aromatic ring is 1. The third kappa shape index (κ3) is 5.95. The molecule has 0 aliphatic rings. The highest BCUT2D eigenvalue weighted by atomic mass is 16.5.